The number of aromatic nitrogens is 2. The van der Waals surface area contributed by atoms with Crippen LogP contribution in [0.15, 0.2) is 79.0 Å². The summed E-state index contributed by atoms with van der Waals surface area (Å²) in [7, 11) is -4.00. The van der Waals surface area contributed by atoms with Crippen LogP contribution in [0.3, 0.4) is 0 Å². The molecule has 0 aliphatic rings. The predicted molar refractivity (Wildman–Crippen MR) is 149 cm³/mol. The van der Waals surface area contributed by atoms with Gasteiger partial charge in [-0.2, -0.15) is 0 Å². The molecule has 37 heavy (non-hydrogen) atoms. The summed E-state index contributed by atoms with van der Waals surface area (Å²) in [5.74, 6) is -0.761. The van der Waals surface area contributed by atoms with Crippen molar-refractivity contribution in [2.45, 2.75) is 52.7 Å². The second-order valence-corrected chi connectivity index (χ2v) is 11.4. The monoisotopic (exact) mass is 538 g/mol. The first-order chi connectivity index (χ1) is 17.7. The second-order valence-electron chi connectivity index (χ2n) is 9.12. The Balaban J connectivity index is 1.88. The lowest BCUT2D eigenvalue weighted by molar-refractivity contribution is 0.0968. The summed E-state index contributed by atoms with van der Waals surface area (Å²) in [5, 5.41) is -0.210. The van der Waals surface area contributed by atoms with Gasteiger partial charge in [0.25, 0.3) is 0 Å². The maximum absolute atomic E-state index is 14.6. The molecule has 0 saturated heterocycles. The standard InChI is InChI=1S/C28H31N2O5PS/c1-19(2)34-36(31,35-20(3)4)27(33-28(37)32-23-16-14-21(5)15-17-23)26-25(22-11-7-6-8-12-22)29-24-13-9-10-18-30(24)26/h6-20,27H,1-5H3. The van der Waals surface area contributed by atoms with Crippen molar-refractivity contribution in [3.63, 3.8) is 0 Å². The van der Waals surface area contributed by atoms with E-state index >= 15 is 0 Å². The first-order valence-corrected chi connectivity index (χ1v) is 14.1. The Morgan fingerprint density at radius 1 is 0.892 bits per heavy atom. The van der Waals surface area contributed by atoms with Crippen LogP contribution in [-0.4, -0.2) is 26.8 Å². The molecule has 0 N–H and O–H groups in total. The fraction of sp³-hybridized carbons (Fsp3) is 0.286. The summed E-state index contributed by atoms with van der Waals surface area (Å²) in [6, 6.07) is 22.6. The first-order valence-electron chi connectivity index (χ1n) is 12.1. The predicted octanol–water partition coefficient (Wildman–Crippen LogP) is 7.73. The van der Waals surface area contributed by atoms with Crippen molar-refractivity contribution in [1.82, 2.24) is 9.38 Å². The third-order valence-corrected chi connectivity index (χ3v) is 7.82. The number of benzene rings is 2. The van der Waals surface area contributed by atoms with Crippen LogP contribution in [0.25, 0.3) is 16.9 Å². The van der Waals surface area contributed by atoms with E-state index in [1.54, 1.807) is 39.8 Å². The van der Waals surface area contributed by atoms with Crippen LogP contribution >= 0.6 is 19.8 Å². The van der Waals surface area contributed by atoms with E-state index in [-0.39, 0.29) is 5.24 Å². The third-order valence-electron chi connectivity index (χ3n) is 5.28. The molecule has 9 heteroatoms. The zero-order valence-electron chi connectivity index (χ0n) is 21.5. The summed E-state index contributed by atoms with van der Waals surface area (Å²) in [5.41, 5.74) is 3.61. The molecule has 0 saturated carbocycles. The van der Waals surface area contributed by atoms with E-state index in [1.807, 2.05) is 78.2 Å². The molecule has 194 valence electrons. The van der Waals surface area contributed by atoms with Crippen molar-refractivity contribution in [3.05, 3.63) is 90.3 Å². The lowest BCUT2D eigenvalue weighted by Crippen LogP contribution is -2.21. The SMILES string of the molecule is Cc1ccc(OC(=S)OC(c2c(-c3ccccc3)nc3ccccn23)P(=O)(OC(C)C)OC(C)C)cc1. The maximum atomic E-state index is 14.6. The summed E-state index contributed by atoms with van der Waals surface area (Å²) >= 11 is 5.49. The lowest BCUT2D eigenvalue weighted by atomic mass is 10.1. The molecule has 0 radical (unpaired) electrons. The van der Waals surface area contributed by atoms with Gasteiger partial charge in [0.15, 0.2) is 0 Å². The van der Waals surface area contributed by atoms with Crippen molar-refractivity contribution in [1.29, 1.82) is 0 Å². The molecule has 0 bridgehead atoms. The normalized spacial score (nSPS) is 12.7. The Kier molecular flexibility index (Phi) is 8.45. The molecule has 2 heterocycles. The van der Waals surface area contributed by atoms with Crippen LogP contribution in [0.5, 0.6) is 5.75 Å². The van der Waals surface area contributed by atoms with Crippen LogP contribution in [-0.2, 0) is 18.3 Å². The smallest absolute Gasteiger partial charge is 0.377 e. The van der Waals surface area contributed by atoms with Gasteiger partial charge in [-0.15, -0.1) is 0 Å². The Morgan fingerprint density at radius 3 is 2.14 bits per heavy atom. The maximum Gasteiger partial charge on any atom is 0.377 e. The van der Waals surface area contributed by atoms with E-state index in [1.165, 1.54) is 0 Å². The minimum atomic E-state index is -4.00. The van der Waals surface area contributed by atoms with Gasteiger partial charge in [-0.25, -0.2) is 4.98 Å². The first kappa shape index (κ1) is 27.0. The van der Waals surface area contributed by atoms with Crippen LogP contribution in [0.1, 0.15) is 44.8 Å². The van der Waals surface area contributed by atoms with E-state index < -0.39 is 25.6 Å². The summed E-state index contributed by atoms with van der Waals surface area (Å²) < 4.78 is 40.4. The number of hydrogen-bond donors (Lipinski definition) is 0. The van der Waals surface area contributed by atoms with Gasteiger partial charge in [-0.3, -0.25) is 8.97 Å². The number of rotatable bonds is 9. The molecule has 0 aliphatic carbocycles. The average Bonchev–Trinajstić information content (AvgIpc) is 3.22. The van der Waals surface area contributed by atoms with E-state index in [9.17, 15) is 4.57 Å². The molecule has 1 unspecified atom stereocenters. The number of nitrogens with zero attached hydrogens (tertiary/aromatic N) is 2. The number of ether oxygens (including phenoxy) is 2. The van der Waals surface area contributed by atoms with E-state index in [4.69, 9.17) is 35.7 Å². The van der Waals surface area contributed by atoms with Gasteiger partial charge in [0.2, 0.25) is 5.85 Å². The van der Waals surface area contributed by atoms with Crippen LogP contribution in [0.4, 0.5) is 0 Å². The van der Waals surface area contributed by atoms with Gasteiger partial charge in [0.05, 0.1) is 17.9 Å². The third kappa shape index (κ3) is 6.46. The molecule has 0 fully saturated rings. The van der Waals surface area contributed by atoms with Crippen molar-refractivity contribution in [2.24, 2.45) is 0 Å². The molecule has 0 aliphatic heterocycles. The highest BCUT2D eigenvalue weighted by Crippen LogP contribution is 2.64. The van der Waals surface area contributed by atoms with Crippen LogP contribution in [0.2, 0.25) is 0 Å². The summed E-state index contributed by atoms with van der Waals surface area (Å²) in [6.45, 7) is 9.15. The van der Waals surface area contributed by atoms with Crippen LogP contribution in [0, 0.1) is 6.92 Å². The van der Waals surface area contributed by atoms with Gasteiger partial charge in [-0.05, 0) is 58.9 Å². The molecule has 2 aromatic heterocycles. The molecule has 0 spiro atoms. The summed E-state index contributed by atoms with van der Waals surface area (Å²) in [4.78, 5) is 4.84. The van der Waals surface area contributed by atoms with Crippen molar-refractivity contribution < 1.29 is 23.1 Å². The summed E-state index contributed by atoms with van der Waals surface area (Å²) in [6.07, 6.45) is 1.00. The second kappa shape index (κ2) is 11.6. The zero-order valence-corrected chi connectivity index (χ0v) is 23.2. The molecular formula is C28H31N2O5PS. The Morgan fingerprint density at radius 2 is 1.51 bits per heavy atom. The molecule has 2 aromatic carbocycles. The highest BCUT2D eigenvalue weighted by molar-refractivity contribution is 7.79. The van der Waals surface area contributed by atoms with Gasteiger partial charge in [-0.1, -0.05) is 54.1 Å². The number of aryl methyl sites for hydroxylation is 1. The van der Waals surface area contributed by atoms with Crippen LogP contribution < -0.4 is 4.74 Å². The fourth-order valence-corrected chi connectivity index (χ4v) is 6.35. The van der Waals surface area contributed by atoms with Gasteiger partial charge < -0.3 is 18.5 Å². The Hall–Kier alpha value is -3.03. The van der Waals surface area contributed by atoms with E-state index in [0.717, 1.165) is 11.1 Å². The largest absolute Gasteiger partial charge is 0.434 e. The number of hydrogen-bond acceptors (Lipinski definition) is 7. The molecule has 0 amide bonds. The molecule has 1 atom stereocenters. The Bertz CT molecular complexity index is 1390. The van der Waals surface area contributed by atoms with Gasteiger partial charge >= 0.3 is 12.8 Å². The van der Waals surface area contributed by atoms with Gasteiger partial charge in [0, 0.05) is 24.0 Å². The van der Waals surface area contributed by atoms with Crippen molar-refractivity contribution in [3.8, 4) is 17.0 Å². The highest BCUT2D eigenvalue weighted by Gasteiger charge is 2.45. The zero-order chi connectivity index (χ0) is 26.6. The average molecular weight is 539 g/mol. The van der Waals surface area contributed by atoms with Crippen molar-refractivity contribution >= 4 is 30.7 Å². The number of thiocarbonyl (C=S) groups is 1. The Labute approximate surface area is 222 Å². The number of fused-ring (bicyclic) bond motifs is 1. The quantitative estimate of drug-likeness (QED) is 0.159. The molecule has 7 nitrogen and oxygen atoms in total. The molecular weight excluding hydrogens is 507 g/mol. The lowest BCUT2D eigenvalue weighted by Gasteiger charge is -2.30. The fourth-order valence-electron chi connectivity index (χ4n) is 3.87. The molecule has 4 aromatic rings. The number of pyridine rings is 1. The van der Waals surface area contributed by atoms with Crippen molar-refractivity contribution in [2.75, 3.05) is 0 Å². The minimum absolute atomic E-state index is 0.210. The van der Waals surface area contributed by atoms with Gasteiger partial charge in [0.1, 0.15) is 17.1 Å². The van der Waals surface area contributed by atoms with E-state index in [2.05, 4.69) is 0 Å². The number of imidazole rings is 1. The van der Waals surface area contributed by atoms with E-state index in [0.29, 0.717) is 22.8 Å². The topological polar surface area (TPSA) is 71.3 Å². The minimum Gasteiger partial charge on any atom is -0.434 e. The molecule has 4 rings (SSSR count). The highest BCUT2D eigenvalue weighted by atomic mass is 32.1.